The van der Waals surface area contributed by atoms with Crippen LogP contribution in [0.4, 0.5) is 0 Å². The van der Waals surface area contributed by atoms with Crippen LogP contribution < -0.4 is 0 Å². The van der Waals surface area contributed by atoms with E-state index < -0.39 is 11.4 Å². The number of epoxide rings is 1. The van der Waals surface area contributed by atoms with Gasteiger partial charge in [-0.2, -0.15) is 0 Å². The fourth-order valence-electron chi connectivity index (χ4n) is 2.22. The Morgan fingerprint density at radius 2 is 1.92 bits per heavy atom. The van der Waals surface area contributed by atoms with Crippen molar-refractivity contribution in [1.82, 2.24) is 0 Å². The van der Waals surface area contributed by atoms with E-state index in [1.54, 1.807) is 0 Å². The van der Waals surface area contributed by atoms with Gasteiger partial charge in [0.25, 0.3) is 0 Å². The number of rotatable bonds is 2. The zero-order chi connectivity index (χ0) is 8.60. The van der Waals surface area contributed by atoms with E-state index in [2.05, 4.69) is 0 Å². The fraction of sp³-hybridized carbons (Fsp3) is 0.889. The van der Waals surface area contributed by atoms with Gasteiger partial charge in [-0.1, -0.05) is 19.3 Å². The molecule has 1 heterocycles. The Labute approximate surface area is 71.7 Å². The van der Waals surface area contributed by atoms with Crippen molar-refractivity contribution in [2.45, 2.75) is 38.2 Å². The monoisotopic (exact) mass is 170 g/mol. The van der Waals surface area contributed by atoms with Gasteiger partial charge in [0.2, 0.25) is 0 Å². The molecule has 2 aliphatic rings. The number of hydrogen-bond donors (Lipinski definition) is 1. The molecule has 1 aliphatic carbocycles. The molecule has 0 amide bonds. The maximum Gasteiger partial charge on any atom is 0.312 e. The van der Waals surface area contributed by atoms with Crippen molar-refractivity contribution in [1.29, 1.82) is 0 Å². The molecule has 2 fully saturated rings. The second-order valence-electron chi connectivity index (χ2n) is 3.84. The van der Waals surface area contributed by atoms with E-state index in [0.29, 0.717) is 6.61 Å². The van der Waals surface area contributed by atoms with Crippen LogP contribution in [0.1, 0.15) is 32.1 Å². The number of carboxylic acids is 1. The van der Waals surface area contributed by atoms with Crippen molar-refractivity contribution in [2.75, 3.05) is 6.61 Å². The largest absolute Gasteiger partial charge is 0.481 e. The molecule has 1 unspecified atom stereocenters. The van der Waals surface area contributed by atoms with Gasteiger partial charge in [-0.25, -0.2) is 0 Å². The second-order valence-corrected chi connectivity index (χ2v) is 3.84. The topological polar surface area (TPSA) is 49.8 Å². The number of carboxylic acid groups (broad SMARTS) is 1. The summed E-state index contributed by atoms with van der Waals surface area (Å²) in [6.45, 7) is 0.659. The van der Waals surface area contributed by atoms with E-state index in [1.807, 2.05) is 0 Å². The average Bonchev–Trinajstić information content (AvgIpc) is 2.88. The van der Waals surface area contributed by atoms with Crippen molar-refractivity contribution < 1.29 is 14.6 Å². The average molecular weight is 170 g/mol. The highest BCUT2D eigenvalue weighted by Crippen LogP contribution is 2.45. The van der Waals surface area contributed by atoms with Crippen LogP contribution in [0, 0.1) is 5.41 Å². The van der Waals surface area contributed by atoms with E-state index >= 15 is 0 Å². The molecule has 0 bridgehead atoms. The van der Waals surface area contributed by atoms with Gasteiger partial charge in [0.15, 0.2) is 0 Å². The molecular weight excluding hydrogens is 156 g/mol. The lowest BCUT2D eigenvalue weighted by Gasteiger charge is -2.31. The maximum atomic E-state index is 11.1. The van der Waals surface area contributed by atoms with Crippen LogP contribution in [0.3, 0.4) is 0 Å². The molecule has 1 aliphatic heterocycles. The van der Waals surface area contributed by atoms with Crippen LogP contribution in [0.25, 0.3) is 0 Å². The van der Waals surface area contributed by atoms with Crippen LogP contribution >= 0.6 is 0 Å². The van der Waals surface area contributed by atoms with Gasteiger partial charge >= 0.3 is 5.97 Å². The van der Waals surface area contributed by atoms with Gasteiger partial charge in [-0.3, -0.25) is 4.79 Å². The van der Waals surface area contributed by atoms with Crippen LogP contribution in [-0.4, -0.2) is 23.8 Å². The Balaban J connectivity index is 2.13. The minimum atomic E-state index is -0.648. The fourth-order valence-corrected chi connectivity index (χ4v) is 2.22. The quantitative estimate of drug-likeness (QED) is 0.637. The normalized spacial score (nSPS) is 32.8. The first-order chi connectivity index (χ1) is 5.76. The van der Waals surface area contributed by atoms with E-state index in [4.69, 9.17) is 9.84 Å². The highest BCUT2D eigenvalue weighted by molar-refractivity contribution is 5.76. The highest BCUT2D eigenvalue weighted by atomic mass is 16.6. The van der Waals surface area contributed by atoms with Gasteiger partial charge in [0, 0.05) is 0 Å². The molecule has 3 heteroatoms. The third kappa shape index (κ3) is 1.12. The smallest absolute Gasteiger partial charge is 0.312 e. The second kappa shape index (κ2) is 2.73. The summed E-state index contributed by atoms with van der Waals surface area (Å²) in [5, 5.41) is 9.12. The summed E-state index contributed by atoms with van der Waals surface area (Å²) in [6, 6.07) is 0. The summed E-state index contributed by atoms with van der Waals surface area (Å²) >= 11 is 0. The molecule has 1 saturated heterocycles. The van der Waals surface area contributed by atoms with Gasteiger partial charge in [-0.15, -0.1) is 0 Å². The molecule has 3 nitrogen and oxygen atoms in total. The molecular formula is C9H14O3. The van der Waals surface area contributed by atoms with Crippen LogP contribution in [-0.2, 0) is 9.53 Å². The summed E-state index contributed by atoms with van der Waals surface area (Å²) < 4.78 is 5.13. The van der Waals surface area contributed by atoms with Crippen molar-refractivity contribution in [3.63, 3.8) is 0 Å². The van der Waals surface area contributed by atoms with Crippen molar-refractivity contribution >= 4 is 5.97 Å². The molecule has 1 N–H and O–H groups in total. The molecule has 0 radical (unpaired) electrons. The Morgan fingerprint density at radius 1 is 1.33 bits per heavy atom. The van der Waals surface area contributed by atoms with Gasteiger partial charge in [0.1, 0.15) is 0 Å². The number of ether oxygens (including phenoxy) is 1. The molecule has 0 aromatic heterocycles. The van der Waals surface area contributed by atoms with E-state index in [-0.39, 0.29) is 6.10 Å². The summed E-state index contributed by atoms with van der Waals surface area (Å²) in [4.78, 5) is 11.1. The highest BCUT2D eigenvalue weighted by Gasteiger charge is 2.52. The predicted molar refractivity (Wildman–Crippen MR) is 42.9 cm³/mol. The van der Waals surface area contributed by atoms with E-state index in [0.717, 1.165) is 25.7 Å². The van der Waals surface area contributed by atoms with Gasteiger partial charge in [0.05, 0.1) is 18.1 Å². The number of aliphatic carboxylic acids is 1. The zero-order valence-electron chi connectivity index (χ0n) is 7.08. The number of carbonyl (C=O) groups is 1. The first-order valence-electron chi connectivity index (χ1n) is 4.61. The molecule has 2 rings (SSSR count). The van der Waals surface area contributed by atoms with Crippen LogP contribution in [0.5, 0.6) is 0 Å². The summed E-state index contributed by atoms with van der Waals surface area (Å²) in [5.41, 5.74) is -0.516. The predicted octanol–water partition coefficient (Wildman–Crippen LogP) is 1.42. The molecule has 0 spiro atoms. The van der Waals surface area contributed by atoms with Gasteiger partial charge in [-0.05, 0) is 12.8 Å². The first kappa shape index (κ1) is 8.05. The zero-order valence-corrected chi connectivity index (χ0v) is 7.08. The van der Waals surface area contributed by atoms with E-state index in [1.165, 1.54) is 6.42 Å². The summed E-state index contributed by atoms with van der Waals surface area (Å²) in [7, 11) is 0. The van der Waals surface area contributed by atoms with Gasteiger partial charge < -0.3 is 9.84 Å². The maximum absolute atomic E-state index is 11.1. The molecule has 12 heavy (non-hydrogen) atoms. The molecule has 68 valence electrons. The lowest BCUT2D eigenvalue weighted by molar-refractivity contribution is -0.152. The van der Waals surface area contributed by atoms with E-state index in [9.17, 15) is 4.79 Å². The minimum Gasteiger partial charge on any atom is -0.481 e. The van der Waals surface area contributed by atoms with Crippen LogP contribution in [0.2, 0.25) is 0 Å². The Morgan fingerprint density at radius 3 is 2.33 bits per heavy atom. The number of hydrogen-bond acceptors (Lipinski definition) is 2. The SMILES string of the molecule is O=C(O)C1(C2CO2)CCCCC1. The molecule has 1 saturated carbocycles. The standard InChI is InChI=1S/C9H14O3/c10-8(11)9(7-6-12-7)4-2-1-3-5-9/h7H,1-6H2,(H,10,11). The van der Waals surface area contributed by atoms with Crippen molar-refractivity contribution in [3.8, 4) is 0 Å². The minimum absolute atomic E-state index is 0.0234. The summed E-state index contributed by atoms with van der Waals surface area (Å²) in [6.07, 6.45) is 4.93. The van der Waals surface area contributed by atoms with Crippen LogP contribution in [0.15, 0.2) is 0 Å². The van der Waals surface area contributed by atoms with Crippen molar-refractivity contribution in [2.24, 2.45) is 5.41 Å². The first-order valence-corrected chi connectivity index (χ1v) is 4.61. The third-order valence-corrected chi connectivity index (χ3v) is 3.12. The van der Waals surface area contributed by atoms with Crippen molar-refractivity contribution in [3.05, 3.63) is 0 Å². The lowest BCUT2D eigenvalue weighted by Crippen LogP contribution is -2.38. The molecule has 1 atom stereocenters. The Hall–Kier alpha value is -0.570. The lowest BCUT2D eigenvalue weighted by atomic mass is 9.72. The third-order valence-electron chi connectivity index (χ3n) is 3.12. The Kier molecular flexibility index (Phi) is 1.83. The molecule has 0 aromatic rings. The summed E-state index contributed by atoms with van der Waals surface area (Å²) in [5.74, 6) is -0.648. The molecule has 0 aromatic carbocycles. The Bertz CT molecular complexity index is 190.